The Morgan fingerprint density at radius 2 is 0.820 bits per heavy atom. The molecule has 0 bridgehead atoms. The number of aromatic amines is 1. The number of Topliss-reactive ketones (excluding diaryl/α,β-unsaturated/α-hetero) is 1. The van der Waals surface area contributed by atoms with Crippen LogP contribution in [-0.4, -0.2) is 204 Å². The molecule has 5 aromatic carbocycles. The number of hydrogen-bond acceptors (Lipinski definition) is 24. The normalized spacial score (nSPS) is 13.4. The fourth-order valence-electron chi connectivity index (χ4n) is 9.09. The Morgan fingerprint density at radius 3 is 1.07 bits per heavy atom. The number of aryl methyl sites for hydroxylation is 5. The van der Waals surface area contributed by atoms with Gasteiger partial charge in [-0.15, -0.1) is 23.2 Å². The third-order valence-electron chi connectivity index (χ3n) is 16.4. The molecule has 44 heteroatoms. The summed E-state index contributed by atoms with van der Waals surface area (Å²) >= 11 is 9.53. The van der Waals surface area contributed by atoms with E-state index in [1.165, 1.54) is 124 Å². The number of aliphatic hydroxyl groups excluding tert-OH is 1. The SMILES string of the molecule is C1CCOC1.C1CCOC1.C1CCOC1.CC(C)(C)[S@](N)=O.CCC(=N[S@](=O)C(C)(C)C)c1ccn(S(=O)(=O)c2ccc(C)cc2)n1.CCC(=O)c1ccn(S(=O)(=O)c2ccc(C)cc2)n1.CCC(O)c1ccn(S(=O)(=O)c2ccc(C)cc2)n1.Cc1ccc(S(=O)(=O)Cl)cc1.Cc1ccc(S(=O)(=O)n2ccc(C=O)n2)cc1.ClCCl.O=Cc1ccn[nH]1.[CH2-]C.[Cl-].[H-].[Mg+2].[Na+]. The zero-order valence-corrected chi connectivity index (χ0v) is 87.1. The van der Waals surface area contributed by atoms with Crippen molar-refractivity contribution >= 4 is 152 Å². The number of carbonyl (C=O) groups is 3. The molecule has 0 saturated carbocycles. The molecule has 3 fully saturated rings. The maximum Gasteiger partial charge on any atom is 2.00 e. The van der Waals surface area contributed by atoms with Crippen LogP contribution in [0.3, 0.4) is 0 Å². The number of alkyl halides is 2. The van der Waals surface area contributed by atoms with Crippen molar-refractivity contribution in [3.05, 3.63) is 246 Å². The minimum absolute atomic E-state index is 0. The number of nitrogens with two attached hydrogens (primary N) is 1. The Morgan fingerprint density at radius 1 is 0.516 bits per heavy atom. The molecule has 31 nitrogen and oxygen atoms in total. The van der Waals surface area contributed by atoms with Crippen molar-refractivity contribution in [2.45, 2.75) is 202 Å². The average molecular weight is 2010 g/mol. The van der Waals surface area contributed by atoms with Crippen LogP contribution in [0.15, 0.2) is 212 Å². The van der Waals surface area contributed by atoms with Gasteiger partial charge in [-0.1, -0.05) is 109 Å². The van der Waals surface area contributed by atoms with Crippen LogP contribution in [0, 0.1) is 41.5 Å². The minimum atomic E-state index is -3.76. The van der Waals surface area contributed by atoms with Crippen LogP contribution in [0.2, 0.25) is 0 Å². The smallest absolute Gasteiger partial charge is 1.00 e. The van der Waals surface area contributed by atoms with Crippen LogP contribution in [0.25, 0.3) is 0 Å². The number of nitrogens with zero attached hydrogens (tertiary/aromatic N) is 10. The van der Waals surface area contributed by atoms with Crippen molar-refractivity contribution < 1.29 is 128 Å². The number of hydrogen-bond donors (Lipinski definition) is 3. The number of nitrogens with one attached hydrogen (secondary N) is 1. The van der Waals surface area contributed by atoms with E-state index in [-0.39, 0.29) is 118 Å². The Kier molecular flexibility index (Phi) is 60.8. The zero-order valence-electron chi connectivity index (χ0n) is 76.0. The van der Waals surface area contributed by atoms with Gasteiger partial charge in [0, 0.05) is 87.7 Å². The molecule has 5 aromatic heterocycles. The van der Waals surface area contributed by atoms with Crippen LogP contribution in [0.1, 0.15) is 205 Å². The van der Waals surface area contributed by atoms with Gasteiger partial charge in [0.1, 0.15) is 28.1 Å². The molecule has 3 saturated heterocycles. The predicted molar refractivity (Wildman–Crippen MR) is 499 cm³/mol. The number of carbonyl (C=O) groups excluding carboxylic acids is 3. The molecule has 700 valence electrons. The van der Waals surface area contributed by atoms with Gasteiger partial charge in [0.25, 0.3) is 49.1 Å². The van der Waals surface area contributed by atoms with Gasteiger partial charge in [-0.3, -0.25) is 24.6 Å². The van der Waals surface area contributed by atoms with E-state index in [9.17, 15) is 70.0 Å². The average Bonchev–Trinajstić information content (AvgIpc) is 1.57. The third kappa shape index (κ3) is 44.9. The standard InChI is InChI=1S/C17H23N3O3S2.C13H16N2O3S.C13H14N2O3S.C11H10N2O3S.C7H7ClO2S.C4H4N2O.C4H11NOS.3C4H8O.C2H5.CH2Cl2.ClH.Mg.Na.H/c1-6-15(19-24(21)17(3,4)5)16-11-12-20(18-16)25(22,23)14-9-7-13(2)8-10-14;2*1-3-13(16)12-8-9-15(14-12)19(17,18)11-6-4-10(2)5-7-11;1-9-2-4-11(5-3-9)17(15,16)13-7-6-10(8-14)12-13;1-6-2-4-7(5-3-6)11(8,9)10;7-3-4-1-2-5-6-4;1-4(2,3)7(5)6;3*1-2-4-5-3-1;1-2;2-1-3;;;;/h7-12H,6H2,1-5H3;4-9,13,16H,3H2,1-2H3;4-9H,3H2,1-2H3;2-8H,1H3;2-5H,1H3;1-3H,(H,5,6);5H2,1-3H3;3*1-4H2;1H2,2H3;1H2;1H;;;/q;;;;;;;;;;-1;;;+2;+1;-1/p-1/t24-;;;;;;7-;;;;;;;;;/m1.....1........./s1. The number of aldehydes is 2. The summed E-state index contributed by atoms with van der Waals surface area (Å²) in [4.78, 5) is 32.5. The number of ketones is 1. The van der Waals surface area contributed by atoms with Gasteiger partial charge in [-0.2, -0.15) is 86.8 Å². The van der Waals surface area contributed by atoms with Gasteiger partial charge in [0.2, 0.25) is 0 Å². The number of aromatic nitrogens is 10. The van der Waals surface area contributed by atoms with Gasteiger partial charge in [0.15, 0.2) is 18.4 Å². The van der Waals surface area contributed by atoms with Crippen LogP contribution >= 0.6 is 33.9 Å². The van der Waals surface area contributed by atoms with Gasteiger partial charge >= 0.3 is 52.6 Å². The van der Waals surface area contributed by atoms with Crippen molar-refractivity contribution in [2.75, 3.05) is 45.0 Å². The topological polar surface area (TPSA) is 442 Å². The van der Waals surface area contributed by atoms with Crippen molar-refractivity contribution in [2.24, 2.45) is 9.54 Å². The van der Waals surface area contributed by atoms with Crippen LogP contribution in [0.4, 0.5) is 0 Å². The fourth-order valence-corrected chi connectivity index (χ4v) is 15.0. The molecule has 1 unspecified atom stereocenters. The first-order valence-electron chi connectivity index (χ1n) is 39.1. The van der Waals surface area contributed by atoms with Gasteiger partial charge < -0.3 is 40.1 Å². The van der Waals surface area contributed by atoms with Crippen molar-refractivity contribution in [1.82, 2.24) is 46.9 Å². The zero-order chi connectivity index (χ0) is 94.4. The Hall–Kier alpha value is -6.39. The molecular formula is C84H117Cl4MgN12NaO19S7. The summed E-state index contributed by atoms with van der Waals surface area (Å²) in [6.07, 6.45) is 16.2. The predicted octanol–water partition coefficient (Wildman–Crippen LogP) is 9.17. The van der Waals surface area contributed by atoms with Gasteiger partial charge in [0.05, 0.1) is 73.5 Å². The summed E-state index contributed by atoms with van der Waals surface area (Å²) in [5, 5.41) is 36.5. The van der Waals surface area contributed by atoms with Crippen molar-refractivity contribution in [1.29, 1.82) is 0 Å². The van der Waals surface area contributed by atoms with E-state index in [4.69, 9.17) is 53.2 Å². The van der Waals surface area contributed by atoms with E-state index in [0.29, 0.717) is 54.6 Å². The Labute approximate surface area is 820 Å². The number of halogens is 4. The van der Waals surface area contributed by atoms with Crippen molar-refractivity contribution in [3.8, 4) is 0 Å². The van der Waals surface area contributed by atoms with E-state index in [2.05, 4.69) is 41.9 Å². The van der Waals surface area contributed by atoms with E-state index in [0.717, 1.165) is 83.8 Å². The molecule has 128 heavy (non-hydrogen) atoms. The summed E-state index contributed by atoms with van der Waals surface area (Å²) < 4.78 is 164. The molecule has 0 amide bonds. The second-order valence-electron chi connectivity index (χ2n) is 28.6. The number of ether oxygens (including phenoxy) is 3. The first-order chi connectivity index (χ1) is 58.8. The number of H-pyrrole nitrogens is 1. The van der Waals surface area contributed by atoms with Crippen LogP contribution in [-0.2, 0) is 85.3 Å². The number of rotatable bonds is 18. The summed E-state index contributed by atoms with van der Waals surface area (Å²) in [5.74, 6) is -0.183. The monoisotopic (exact) mass is 2010 g/mol. The molecule has 0 aliphatic carbocycles. The maximum atomic E-state index is 12.7. The molecule has 4 N–H and O–H groups in total. The Balaban J connectivity index is -0.00000141. The first-order valence-corrected chi connectivity index (χ1v) is 50.6. The van der Waals surface area contributed by atoms with Crippen molar-refractivity contribution in [3.63, 3.8) is 0 Å². The summed E-state index contributed by atoms with van der Waals surface area (Å²) in [6.45, 7) is 36.8. The van der Waals surface area contributed by atoms with E-state index in [1.807, 2.05) is 83.1 Å². The van der Waals surface area contributed by atoms with Crippen LogP contribution < -0.4 is 47.1 Å². The molecule has 8 heterocycles. The number of aliphatic hydroxyl groups is 1. The van der Waals surface area contributed by atoms with Crippen LogP contribution in [0.5, 0.6) is 0 Å². The summed E-state index contributed by atoms with van der Waals surface area (Å²) in [5.41, 5.74) is 6.97. The van der Waals surface area contributed by atoms with E-state index < -0.39 is 82.0 Å². The second-order valence-corrected chi connectivity index (χ2v) is 42.8. The molecule has 3 atom stereocenters. The summed E-state index contributed by atoms with van der Waals surface area (Å²) in [7, 11) is -15.9. The first kappa shape index (κ1) is 124. The molecule has 0 spiro atoms. The van der Waals surface area contributed by atoms with E-state index in [1.54, 1.807) is 118 Å². The second kappa shape index (κ2) is 62.9. The molecule has 13 rings (SSSR count). The molecule has 3 aliphatic heterocycles. The minimum Gasteiger partial charge on any atom is -1.00 e. The third-order valence-corrected chi connectivity index (χ3v) is 26.7. The van der Waals surface area contributed by atoms with E-state index >= 15 is 0 Å². The maximum absolute atomic E-state index is 12.7. The fraction of sp³-hybridized carbons (Fsp3) is 0.405. The Bertz CT molecular complexity index is 5500. The molecular weight excluding hydrogens is 1890 g/mol. The van der Waals surface area contributed by atoms with Gasteiger partial charge in [-0.25, -0.2) is 16.8 Å². The molecule has 3 aliphatic rings. The number of benzene rings is 5. The summed E-state index contributed by atoms with van der Waals surface area (Å²) in [6, 6.07) is 39.9. The quantitative estimate of drug-likeness (QED) is 0.0137. The largest absolute Gasteiger partial charge is 2.00 e. The molecule has 0 radical (unpaired) electrons. The van der Waals surface area contributed by atoms with Gasteiger partial charge in [-0.05, 0) is 219 Å². The molecule has 10 aromatic rings.